The Morgan fingerprint density at radius 1 is 1.27 bits per heavy atom. The molecule has 3 rings (SSSR count). The summed E-state index contributed by atoms with van der Waals surface area (Å²) in [4.78, 5) is 15.5. The number of aryl methyl sites for hydroxylation is 2. The summed E-state index contributed by atoms with van der Waals surface area (Å²) in [6, 6.07) is 7.71. The fraction of sp³-hybridized carbons (Fsp3) is 0.200. The molecule has 112 valence electrons. The lowest BCUT2D eigenvalue weighted by atomic mass is 10.2. The van der Waals surface area contributed by atoms with Crippen LogP contribution in [-0.4, -0.2) is 26.3 Å². The first kappa shape index (κ1) is 14.4. The Hall–Kier alpha value is -2.54. The zero-order valence-electron chi connectivity index (χ0n) is 12.2. The number of thiazole rings is 1. The molecular weight excluding hydrogens is 300 g/mol. The molecule has 7 heteroatoms. The maximum Gasteiger partial charge on any atom is 0.212 e. The van der Waals surface area contributed by atoms with Crippen molar-refractivity contribution < 1.29 is 9.53 Å². The van der Waals surface area contributed by atoms with Crippen LogP contribution in [0.5, 0.6) is 5.75 Å². The predicted molar refractivity (Wildman–Crippen MR) is 82.7 cm³/mol. The normalized spacial score (nSPS) is 10.6. The van der Waals surface area contributed by atoms with Crippen molar-refractivity contribution in [2.75, 3.05) is 0 Å². The van der Waals surface area contributed by atoms with Gasteiger partial charge in [0.15, 0.2) is 12.0 Å². The molecule has 2 aromatic heterocycles. The number of hydrogen-bond acceptors (Lipinski definition) is 6. The third-order valence-corrected chi connectivity index (χ3v) is 4.02. The van der Waals surface area contributed by atoms with Crippen LogP contribution in [0.1, 0.15) is 27.4 Å². The summed E-state index contributed by atoms with van der Waals surface area (Å²) in [6.45, 7) is 4.11. The summed E-state index contributed by atoms with van der Waals surface area (Å²) in [6.07, 6.45) is 0.678. The number of aldehydes is 1. The van der Waals surface area contributed by atoms with E-state index in [1.54, 1.807) is 4.68 Å². The Bertz CT molecular complexity index is 792. The average molecular weight is 314 g/mol. The third-order valence-electron chi connectivity index (χ3n) is 3.09. The van der Waals surface area contributed by atoms with Gasteiger partial charge in [0.25, 0.3) is 0 Å². The minimum Gasteiger partial charge on any atom is -0.487 e. The SMILES string of the molecule is Cc1ccc(OCc2c(C=O)nnn2-c2nc(C)cs2)cc1. The Morgan fingerprint density at radius 2 is 2.05 bits per heavy atom. The average Bonchev–Trinajstić information content (AvgIpc) is 3.12. The molecule has 0 radical (unpaired) electrons. The van der Waals surface area contributed by atoms with Gasteiger partial charge < -0.3 is 4.74 Å². The monoisotopic (exact) mass is 314 g/mol. The summed E-state index contributed by atoms with van der Waals surface area (Å²) in [5, 5.41) is 10.5. The molecule has 22 heavy (non-hydrogen) atoms. The third kappa shape index (κ3) is 2.89. The fourth-order valence-electron chi connectivity index (χ4n) is 1.92. The number of hydrogen-bond donors (Lipinski definition) is 0. The van der Waals surface area contributed by atoms with E-state index in [0.717, 1.165) is 17.0 Å². The van der Waals surface area contributed by atoms with E-state index in [2.05, 4.69) is 15.3 Å². The topological polar surface area (TPSA) is 69.9 Å². The maximum atomic E-state index is 11.1. The van der Waals surface area contributed by atoms with Gasteiger partial charge in [-0.2, -0.15) is 4.68 Å². The fourth-order valence-corrected chi connectivity index (χ4v) is 2.69. The molecule has 0 amide bonds. The van der Waals surface area contributed by atoms with Crippen LogP contribution in [0.2, 0.25) is 0 Å². The highest BCUT2D eigenvalue weighted by molar-refractivity contribution is 7.12. The number of benzene rings is 1. The van der Waals surface area contributed by atoms with Crippen LogP contribution in [0.4, 0.5) is 0 Å². The first-order valence-electron chi connectivity index (χ1n) is 6.69. The van der Waals surface area contributed by atoms with Crippen molar-refractivity contribution >= 4 is 17.6 Å². The van der Waals surface area contributed by atoms with Gasteiger partial charge in [-0.05, 0) is 26.0 Å². The lowest BCUT2D eigenvalue weighted by Gasteiger charge is -2.07. The Balaban J connectivity index is 1.87. The summed E-state index contributed by atoms with van der Waals surface area (Å²) >= 11 is 1.44. The highest BCUT2D eigenvalue weighted by Gasteiger charge is 2.16. The Morgan fingerprint density at radius 3 is 2.68 bits per heavy atom. The smallest absolute Gasteiger partial charge is 0.212 e. The summed E-state index contributed by atoms with van der Waals surface area (Å²) in [5.74, 6) is 0.727. The molecule has 0 unspecified atom stereocenters. The van der Waals surface area contributed by atoms with Gasteiger partial charge >= 0.3 is 0 Å². The lowest BCUT2D eigenvalue weighted by Crippen LogP contribution is -2.07. The van der Waals surface area contributed by atoms with Crippen molar-refractivity contribution in [2.24, 2.45) is 0 Å². The van der Waals surface area contributed by atoms with Gasteiger partial charge in [0.1, 0.15) is 18.1 Å². The molecule has 0 aliphatic heterocycles. The number of aromatic nitrogens is 4. The standard InChI is InChI=1S/C15H14N4O2S/c1-10-3-5-12(6-4-10)21-8-14-13(7-20)17-18-19(14)15-16-11(2)9-22-15/h3-7,9H,8H2,1-2H3. The molecule has 0 fully saturated rings. The minimum absolute atomic E-state index is 0.197. The Kier molecular flexibility index (Phi) is 3.97. The molecule has 0 saturated heterocycles. The molecular formula is C15H14N4O2S. The van der Waals surface area contributed by atoms with E-state index < -0.39 is 0 Å². The van der Waals surface area contributed by atoms with E-state index in [9.17, 15) is 4.79 Å². The van der Waals surface area contributed by atoms with Gasteiger partial charge in [0, 0.05) is 5.38 Å². The van der Waals surface area contributed by atoms with E-state index in [0.29, 0.717) is 17.1 Å². The number of carbonyl (C=O) groups is 1. The quantitative estimate of drug-likeness (QED) is 0.677. The van der Waals surface area contributed by atoms with Crippen LogP contribution in [0.3, 0.4) is 0 Å². The molecule has 0 saturated carbocycles. The molecule has 0 bridgehead atoms. The predicted octanol–water partition coefficient (Wildman–Crippen LogP) is 2.73. The number of rotatable bonds is 5. The van der Waals surface area contributed by atoms with E-state index >= 15 is 0 Å². The van der Waals surface area contributed by atoms with Crippen LogP contribution in [0.25, 0.3) is 5.13 Å². The zero-order chi connectivity index (χ0) is 15.5. The molecule has 0 atom stereocenters. The van der Waals surface area contributed by atoms with E-state index in [1.165, 1.54) is 11.3 Å². The number of ether oxygens (including phenoxy) is 1. The van der Waals surface area contributed by atoms with Gasteiger partial charge in [0.05, 0.1) is 5.69 Å². The van der Waals surface area contributed by atoms with Crippen LogP contribution in [0, 0.1) is 13.8 Å². The Labute approximate surface area is 131 Å². The van der Waals surface area contributed by atoms with Crippen LogP contribution >= 0.6 is 11.3 Å². The summed E-state index contributed by atoms with van der Waals surface area (Å²) in [5.41, 5.74) is 2.91. The van der Waals surface area contributed by atoms with Crippen molar-refractivity contribution in [1.29, 1.82) is 0 Å². The van der Waals surface area contributed by atoms with Gasteiger partial charge in [-0.1, -0.05) is 22.9 Å². The first-order chi connectivity index (χ1) is 10.7. The molecule has 6 nitrogen and oxygen atoms in total. The summed E-state index contributed by atoms with van der Waals surface area (Å²) in [7, 11) is 0. The van der Waals surface area contributed by atoms with Crippen LogP contribution in [0.15, 0.2) is 29.6 Å². The van der Waals surface area contributed by atoms with Crippen molar-refractivity contribution in [2.45, 2.75) is 20.5 Å². The summed E-state index contributed by atoms with van der Waals surface area (Å²) < 4.78 is 7.29. The maximum absolute atomic E-state index is 11.1. The van der Waals surface area contributed by atoms with Crippen molar-refractivity contribution in [3.8, 4) is 10.9 Å². The second-order valence-corrected chi connectivity index (χ2v) is 5.66. The van der Waals surface area contributed by atoms with Gasteiger partial charge in [-0.25, -0.2) is 4.98 Å². The highest BCUT2D eigenvalue weighted by atomic mass is 32.1. The molecule has 2 heterocycles. The van der Waals surface area contributed by atoms with Crippen LogP contribution in [-0.2, 0) is 6.61 Å². The van der Waals surface area contributed by atoms with Crippen molar-refractivity contribution in [1.82, 2.24) is 20.0 Å². The lowest BCUT2D eigenvalue weighted by molar-refractivity contribution is 0.111. The van der Waals surface area contributed by atoms with E-state index in [-0.39, 0.29) is 12.3 Å². The van der Waals surface area contributed by atoms with Crippen LogP contribution < -0.4 is 4.74 Å². The molecule has 0 aliphatic rings. The molecule has 0 aliphatic carbocycles. The number of nitrogens with zero attached hydrogens (tertiary/aromatic N) is 4. The van der Waals surface area contributed by atoms with E-state index in [1.807, 2.05) is 43.5 Å². The molecule has 3 aromatic rings. The van der Waals surface area contributed by atoms with E-state index in [4.69, 9.17) is 4.74 Å². The van der Waals surface area contributed by atoms with Gasteiger partial charge in [-0.3, -0.25) is 4.79 Å². The number of carbonyl (C=O) groups excluding carboxylic acids is 1. The molecule has 0 spiro atoms. The second-order valence-electron chi connectivity index (χ2n) is 4.82. The van der Waals surface area contributed by atoms with Gasteiger partial charge in [-0.15, -0.1) is 16.4 Å². The molecule has 0 N–H and O–H groups in total. The minimum atomic E-state index is 0.197. The highest BCUT2D eigenvalue weighted by Crippen LogP contribution is 2.19. The first-order valence-corrected chi connectivity index (χ1v) is 7.57. The van der Waals surface area contributed by atoms with Crippen molar-refractivity contribution in [3.63, 3.8) is 0 Å². The second kappa shape index (κ2) is 6.07. The largest absolute Gasteiger partial charge is 0.487 e. The zero-order valence-corrected chi connectivity index (χ0v) is 13.0. The molecule has 1 aromatic carbocycles. The van der Waals surface area contributed by atoms with Gasteiger partial charge in [0.2, 0.25) is 5.13 Å². The van der Waals surface area contributed by atoms with Crippen molar-refractivity contribution in [3.05, 3.63) is 52.3 Å².